The van der Waals surface area contributed by atoms with E-state index in [4.69, 9.17) is 0 Å². The second kappa shape index (κ2) is 6.73. The minimum Gasteiger partial charge on any atom is -0.329 e. The first-order valence-corrected chi connectivity index (χ1v) is 7.85. The van der Waals surface area contributed by atoms with Gasteiger partial charge in [-0.15, -0.1) is 0 Å². The van der Waals surface area contributed by atoms with E-state index in [9.17, 15) is 18.0 Å². The van der Waals surface area contributed by atoms with Crippen LogP contribution in [0.5, 0.6) is 0 Å². The molecular weight excluding hydrogens is 337 g/mol. The fourth-order valence-corrected chi connectivity index (χ4v) is 2.71. The lowest BCUT2D eigenvalue weighted by molar-refractivity contribution is -0.159. The predicted molar refractivity (Wildman–Crippen MR) is 82.4 cm³/mol. The van der Waals surface area contributed by atoms with Crippen LogP contribution in [0.2, 0.25) is 0 Å². The third kappa shape index (κ3) is 3.92. The molecule has 0 saturated carbocycles. The minimum absolute atomic E-state index is 0.0189. The number of carbonyl (C=O) groups excluding carboxylic acids is 1. The third-order valence-electron chi connectivity index (χ3n) is 4.00. The van der Waals surface area contributed by atoms with E-state index in [1.165, 1.54) is 0 Å². The molecule has 0 atom stereocenters. The molecule has 1 aromatic carbocycles. The Morgan fingerprint density at radius 1 is 1.24 bits per heavy atom. The number of benzene rings is 1. The van der Waals surface area contributed by atoms with Crippen LogP contribution in [0.25, 0.3) is 11.4 Å². The van der Waals surface area contributed by atoms with Gasteiger partial charge in [-0.05, 0) is 18.4 Å². The molecule has 0 bridgehead atoms. The van der Waals surface area contributed by atoms with Crippen LogP contribution in [0.3, 0.4) is 0 Å². The summed E-state index contributed by atoms with van der Waals surface area (Å²) in [4.78, 5) is 19.0. The second-order valence-electron chi connectivity index (χ2n) is 5.95. The van der Waals surface area contributed by atoms with Crippen LogP contribution >= 0.6 is 0 Å². The quantitative estimate of drug-likeness (QED) is 0.847. The highest BCUT2D eigenvalue weighted by atomic mass is 19.4. The molecule has 1 fully saturated rings. The summed E-state index contributed by atoms with van der Waals surface area (Å²) in [6.07, 6.45) is -2.61. The smallest absolute Gasteiger partial charge is 0.329 e. The van der Waals surface area contributed by atoms with Gasteiger partial charge < -0.3 is 14.3 Å². The van der Waals surface area contributed by atoms with Gasteiger partial charge in [0.15, 0.2) is 0 Å². The van der Waals surface area contributed by atoms with E-state index in [1.54, 1.807) is 36.2 Å². The Bertz CT molecular complexity index is 737. The second-order valence-corrected chi connectivity index (χ2v) is 5.95. The number of hydrogen-bond acceptors (Lipinski definition) is 4. The van der Waals surface area contributed by atoms with Gasteiger partial charge in [0.25, 0.3) is 0 Å². The molecule has 2 heterocycles. The molecule has 1 saturated heterocycles. The average Bonchev–Trinajstić information content (AvgIpc) is 3.26. The van der Waals surface area contributed by atoms with E-state index < -0.39 is 12.1 Å². The maximum atomic E-state index is 12.5. The first kappa shape index (κ1) is 17.2. The summed E-state index contributed by atoms with van der Waals surface area (Å²) in [6.45, 7) is 1.97. The molecule has 9 heteroatoms. The maximum Gasteiger partial charge on any atom is 0.471 e. The molecule has 3 rings (SSSR count). The number of hydrogen-bond donors (Lipinski definition) is 0. The van der Waals surface area contributed by atoms with Gasteiger partial charge in [0.1, 0.15) is 0 Å². The number of amides is 2. The molecule has 0 unspecified atom stereocenters. The molecule has 1 aromatic heterocycles. The lowest BCUT2D eigenvalue weighted by atomic mass is 10.1. The summed E-state index contributed by atoms with van der Waals surface area (Å²) in [5, 5.41) is 3.35. The third-order valence-corrected chi connectivity index (χ3v) is 4.00. The molecule has 0 N–H and O–H groups in total. The van der Waals surface area contributed by atoms with E-state index in [1.807, 2.05) is 4.90 Å². The Morgan fingerprint density at radius 2 is 1.88 bits per heavy atom. The van der Waals surface area contributed by atoms with Gasteiger partial charge in [-0.3, -0.25) is 0 Å². The Morgan fingerprint density at radius 3 is 2.44 bits per heavy atom. The summed E-state index contributed by atoms with van der Waals surface area (Å²) in [5.41, 5.74) is 1.27. The van der Waals surface area contributed by atoms with Gasteiger partial charge >= 0.3 is 18.1 Å². The van der Waals surface area contributed by atoms with Crippen LogP contribution in [-0.4, -0.2) is 46.1 Å². The highest BCUT2D eigenvalue weighted by molar-refractivity contribution is 5.74. The molecule has 1 aliphatic rings. The summed E-state index contributed by atoms with van der Waals surface area (Å²) in [7, 11) is 1.73. The zero-order valence-electron chi connectivity index (χ0n) is 13.6. The monoisotopic (exact) mass is 354 g/mol. The van der Waals surface area contributed by atoms with Crippen molar-refractivity contribution >= 4 is 6.03 Å². The van der Waals surface area contributed by atoms with Gasteiger partial charge in [0.2, 0.25) is 5.82 Å². The number of likely N-dealkylation sites (tertiary alicyclic amines) is 1. The fourth-order valence-electron chi connectivity index (χ4n) is 2.71. The largest absolute Gasteiger partial charge is 0.471 e. The number of aromatic nitrogens is 2. The number of rotatable bonds is 3. The molecule has 0 aliphatic carbocycles. The molecule has 134 valence electrons. The van der Waals surface area contributed by atoms with Gasteiger partial charge in [0.05, 0.1) is 0 Å². The van der Waals surface area contributed by atoms with Crippen LogP contribution < -0.4 is 0 Å². The minimum atomic E-state index is -4.66. The number of carbonyl (C=O) groups is 1. The Balaban J connectivity index is 1.66. The standard InChI is InChI=1S/C16H17F3N4O2/c1-22(15(24)23-8-2-3-9-23)10-11-4-6-12(7-5-11)13-20-14(25-21-13)16(17,18)19/h4-7H,2-3,8-10H2,1H3. The number of halogens is 3. The molecule has 6 nitrogen and oxygen atoms in total. The van der Waals surface area contributed by atoms with E-state index in [2.05, 4.69) is 14.7 Å². The maximum absolute atomic E-state index is 12.5. The molecular formula is C16H17F3N4O2. The van der Waals surface area contributed by atoms with Crippen molar-refractivity contribution < 1.29 is 22.5 Å². The highest BCUT2D eigenvalue weighted by Crippen LogP contribution is 2.29. The van der Waals surface area contributed by atoms with Gasteiger partial charge in [-0.1, -0.05) is 29.4 Å². The molecule has 1 aliphatic heterocycles. The topological polar surface area (TPSA) is 62.5 Å². The van der Waals surface area contributed by atoms with E-state index in [0.29, 0.717) is 12.1 Å². The van der Waals surface area contributed by atoms with Crippen molar-refractivity contribution in [2.45, 2.75) is 25.6 Å². The van der Waals surface area contributed by atoms with Crippen molar-refractivity contribution in [3.8, 4) is 11.4 Å². The van der Waals surface area contributed by atoms with Crippen molar-refractivity contribution in [1.29, 1.82) is 0 Å². The van der Waals surface area contributed by atoms with Crippen LogP contribution in [0, 0.1) is 0 Å². The first-order valence-electron chi connectivity index (χ1n) is 7.85. The molecule has 0 radical (unpaired) electrons. The summed E-state index contributed by atoms with van der Waals surface area (Å²) >= 11 is 0. The van der Waals surface area contributed by atoms with Crippen molar-refractivity contribution in [2.75, 3.05) is 20.1 Å². The summed E-state index contributed by atoms with van der Waals surface area (Å²) in [5.74, 6) is -1.50. The van der Waals surface area contributed by atoms with Gasteiger partial charge in [-0.25, -0.2) is 4.79 Å². The lowest BCUT2D eigenvalue weighted by Gasteiger charge is -2.24. The van der Waals surface area contributed by atoms with Crippen molar-refractivity contribution in [3.63, 3.8) is 0 Å². The predicted octanol–water partition coefficient (Wildman–Crippen LogP) is 3.40. The first-order chi connectivity index (χ1) is 11.8. The molecule has 2 amide bonds. The van der Waals surface area contributed by atoms with Crippen LogP contribution in [0.15, 0.2) is 28.8 Å². The highest BCUT2D eigenvalue weighted by Gasteiger charge is 2.38. The number of urea groups is 1. The van der Waals surface area contributed by atoms with Crippen molar-refractivity contribution in [1.82, 2.24) is 19.9 Å². The van der Waals surface area contributed by atoms with Crippen molar-refractivity contribution in [3.05, 3.63) is 35.7 Å². The van der Waals surface area contributed by atoms with Crippen LogP contribution in [-0.2, 0) is 12.7 Å². The van der Waals surface area contributed by atoms with E-state index >= 15 is 0 Å². The Kier molecular flexibility index (Phi) is 4.65. The summed E-state index contributed by atoms with van der Waals surface area (Å²) < 4.78 is 41.7. The van der Waals surface area contributed by atoms with E-state index in [-0.39, 0.29) is 11.9 Å². The molecule has 0 spiro atoms. The van der Waals surface area contributed by atoms with Crippen LogP contribution in [0.4, 0.5) is 18.0 Å². The Hall–Kier alpha value is -2.58. The fraction of sp³-hybridized carbons (Fsp3) is 0.438. The zero-order chi connectivity index (χ0) is 18.0. The molecule has 25 heavy (non-hydrogen) atoms. The zero-order valence-corrected chi connectivity index (χ0v) is 13.6. The normalized spacial score (nSPS) is 14.8. The number of alkyl halides is 3. The van der Waals surface area contributed by atoms with Gasteiger partial charge in [0, 0.05) is 32.2 Å². The number of nitrogens with zero attached hydrogens (tertiary/aromatic N) is 4. The van der Waals surface area contributed by atoms with Crippen LogP contribution in [0.1, 0.15) is 24.3 Å². The van der Waals surface area contributed by atoms with Crippen molar-refractivity contribution in [2.24, 2.45) is 0 Å². The average molecular weight is 354 g/mol. The van der Waals surface area contributed by atoms with Gasteiger partial charge in [-0.2, -0.15) is 18.2 Å². The summed E-state index contributed by atoms with van der Waals surface area (Å²) in [6, 6.07) is 6.65. The molecule has 2 aromatic rings. The lowest BCUT2D eigenvalue weighted by Crippen LogP contribution is -2.38. The SMILES string of the molecule is CN(Cc1ccc(-c2noc(C(F)(F)F)n2)cc1)C(=O)N1CCCC1. The Labute approximate surface area is 142 Å². The van der Waals surface area contributed by atoms with E-state index in [0.717, 1.165) is 31.5 Å².